The smallest absolute Gasteiger partial charge is 0.320 e. The van der Waals surface area contributed by atoms with Crippen LogP contribution in [0.1, 0.15) is 45.4 Å². The van der Waals surface area contributed by atoms with Crippen LogP contribution in [0.25, 0.3) is 11.2 Å². The molecular weight excluding hydrogens is 332 g/mol. The van der Waals surface area contributed by atoms with Gasteiger partial charge in [-0.05, 0) is 51.7 Å². The quantitative estimate of drug-likeness (QED) is 0.649. The number of unbranched alkanes of at least 4 members (excludes halogenated alkanes) is 2. The Kier molecular flexibility index (Phi) is 6.49. The zero-order valence-electron chi connectivity index (χ0n) is 15.9. The number of anilines is 1. The van der Waals surface area contributed by atoms with E-state index in [2.05, 4.69) is 26.8 Å². The minimum atomic E-state index is 0.310. The molecule has 0 amide bonds. The van der Waals surface area contributed by atoms with Crippen LogP contribution in [0, 0.1) is 0 Å². The van der Waals surface area contributed by atoms with Crippen molar-refractivity contribution < 1.29 is 9.47 Å². The number of aromatic nitrogens is 4. The summed E-state index contributed by atoms with van der Waals surface area (Å²) in [4.78, 5) is 15.7. The molecule has 1 aliphatic rings. The first-order chi connectivity index (χ1) is 12.7. The number of aryl methyl sites for hydroxylation is 1. The fraction of sp³-hybridized carbons (Fsp3) is 0.722. The minimum absolute atomic E-state index is 0.310. The molecule has 8 heteroatoms. The molecule has 0 unspecified atom stereocenters. The van der Waals surface area contributed by atoms with Crippen LogP contribution in [0.15, 0.2) is 0 Å². The summed E-state index contributed by atoms with van der Waals surface area (Å²) in [6, 6.07) is 0.831. The highest BCUT2D eigenvalue weighted by atomic mass is 16.5. The molecule has 0 radical (unpaired) electrons. The van der Waals surface area contributed by atoms with Gasteiger partial charge in [-0.15, -0.1) is 0 Å². The average molecular weight is 362 g/mol. The molecule has 26 heavy (non-hydrogen) atoms. The monoisotopic (exact) mass is 362 g/mol. The average Bonchev–Trinajstić information content (AvgIpc) is 3.27. The van der Waals surface area contributed by atoms with Crippen molar-refractivity contribution in [3.63, 3.8) is 0 Å². The Hall–Kier alpha value is -2.09. The van der Waals surface area contributed by atoms with Crippen LogP contribution in [-0.2, 0) is 6.54 Å². The molecule has 2 aromatic heterocycles. The van der Waals surface area contributed by atoms with E-state index in [1.54, 1.807) is 7.11 Å². The van der Waals surface area contributed by atoms with Crippen molar-refractivity contribution >= 4 is 17.0 Å². The second-order valence-corrected chi connectivity index (χ2v) is 6.77. The van der Waals surface area contributed by atoms with E-state index in [0.29, 0.717) is 35.6 Å². The summed E-state index contributed by atoms with van der Waals surface area (Å²) in [5.74, 6) is 0.329. The van der Waals surface area contributed by atoms with Gasteiger partial charge < -0.3 is 20.1 Å². The lowest BCUT2D eigenvalue weighted by atomic mass is 10.3. The van der Waals surface area contributed by atoms with E-state index in [-0.39, 0.29) is 0 Å². The summed E-state index contributed by atoms with van der Waals surface area (Å²) in [7, 11) is 1.62. The third-order valence-electron chi connectivity index (χ3n) is 4.78. The molecule has 0 bridgehead atoms. The Balaban J connectivity index is 1.71. The van der Waals surface area contributed by atoms with Crippen molar-refractivity contribution in [3.8, 4) is 12.0 Å². The molecule has 3 heterocycles. The molecular formula is C18H30N6O2. The van der Waals surface area contributed by atoms with Crippen LogP contribution >= 0.6 is 0 Å². The van der Waals surface area contributed by atoms with Gasteiger partial charge in [0.2, 0.25) is 0 Å². The Labute approximate surface area is 154 Å². The van der Waals surface area contributed by atoms with E-state index in [4.69, 9.17) is 15.2 Å². The maximum absolute atomic E-state index is 6.07. The van der Waals surface area contributed by atoms with Gasteiger partial charge in [0.25, 0.3) is 6.01 Å². The number of imidazole rings is 1. The van der Waals surface area contributed by atoms with E-state index >= 15 is 0 Å². The number of likely N-dealkylation sites (tertiary alicyclic amines) is 1. The summed E-state index contributed by atoms with van der Waals surface area (Å²) in [6.07, 6.45) is 6.85. The largest absolute Gasteiger partial charge is 0.468 e. The second kappa shape index (κ2) is 9.02. The van der Waals surface area contributed by atoms with Gasteiger partial charge in [-0.3, -0.25) is 4.57 Å². The number of fused-ring (bicyclic) bond motifs is 1. The minimum Gasteiger partial charge on any atom is -0.468 e. The highest BCUT2D eigenvalue weighted by Gasteiger charge is 2.18. The maximum Gasteiger partial charge on any atom is 0.320 e. The third-order valence-corrected chi connectivity index (χ3v) is 4.78. The van der Waals surface area contributed by atoms with Gasteiger partial charge in [-0.25, -0.2) is 0 Å². The number of hydrogen-bond donors (Lipinski definition) is 1. The topological polar surface area (TPSA) is 91.3 Å². The third kappa shape index (κ3) is 4.35. The van der Waals surface area contributed by atoms with Gasteiger partial charge in [-0.1, -0.05) is 13.3 Å². The van der Waals surface area contributed by atoms with E-state index in [9.17, 15) is 0 Å². The van der Waals surface area contributed by atoms with Crippen molar-refractivity contribution in [1.29, 1.82) is 0 Å². The molecule has 8 nitrogen and oxygen atoms in total. The van der Waals surface area contributed by atoms with Gasteiger partial charge in [0, 0.05) is 6.54 Å². The molecule has 1 aliphatic heterocycles. The van der Waals surface area contributed by atoms with Gasteiger partial charge in [0.15, 0.2) is 17.0 Å². The first kappa shape index (κ1) is 18.7. The van der Waals surface area contributed by atoms with Crippen molar-refractivity contribution in [3.05, 3.63) is 0 Å². The molecule has 0 aliphatic carbocycles. The first-order valence-corrected chi connectivity index (χ1v) is 9.65. The fourth-order valence-electron chi connectivity index (χ4n) is 3.32. The Morgan fingerprint density at radius 1 is 1.04 bits per heavy atom. The highest BCUT2D eigenvalue weighted by Crippen LogP contribution is 2.26. The lowest BCUT2D eigenvalue weighted by Crippen LogP contribution is -2.20. The SMILES string of the molecule is CCCCOc1nc(N)c2nc(OC)n(CCCCN3CCCC3)c2n1. The fourth-order valence-corrected chi connectivity index (χ4v) is 3.32. The summed E-state index contributed by atoms with van der Waals surface area (Å²) in [5, 5.41) is 0. The molecule has 144 valence electrons. The van der Waals surface area contributed by atoms with Gasteiger partial charge in [0.1, 0.15) is 0 Å². The Morgan fingerprint density at radius 2 is 1.81 bits per heavy atom. The zero-order chi connectivity index (χ0) is 18.4. The predicted octanol–water partition coefficient (Wildman–Crippen LogP) is 2.47. The van der Waals surface area contributed by atoms with E-state index in [0.717, 1.165) is 38.8 Å². The number of hydrogen-bond acceptors (Lipinski definition) is 7. The van der Waals surface area contributed by atoms with Crippen LogP contribution in [-0.4, -0.2) is 57.8 Å². The molecule has 1 fully saturated rings. The standard InChI is InChI=1S/C18H30N6O2/c1-3-4-13-26-17-21-15(19)14-16(22-17)24(18(20-14)25-2)12-8-7-11-23-9-5-6-10-23/h3-13H2,1-2H3,(H2,19,21,22). The van der Waals surface area contributed by atoms with Crippen molar-refractivity contribution in [2.75, 3.05) is 39.1 Å². The van der Waals surface area contributed by atoms with E-state index in [1.807, 2.05) is 4.57 Å². The zero-order valence-corrected chi connectivity index (χ0v) is 15.9. The molecule has 0 saturated carbocycles. The number of nitrogens with zero attached hydrogens (tertiary/aromatic N) is 5. The lowest BCUT2D eigenvalue weighted by molar-refractivity contribution is 0.286. The van der Waals surface area contributed by atoms with Crippen LogP contribution in [0.2, 0.25) is 0 Å². The number of ether oxygens (including phenoxy) is 2. The van der Waals surface area contributed by atoms with Crippen molar-refractivity contribution in [2.24, 2.45) is 0 Å². The van der Waals surface area contributed by atoms with Crippen molar-refractivity contribution in [2.45, 2.75) is 52.0 Å². The van der Waals surface area contributed by atoms with Crippen LogP contribution < -0.4 is 15.2 Å². The summed E-state index contributed by atoms with van der Waals surface area (Å²) in [6.45, 7) is 7.11. The number of nitrogen functional groups attached to an aromatic ring is 1. The lowest BCUT2D eigenvalue weighted by Gasteiger charge is -2.14. The first-order valence-electron chi connectivity index (χ1n) is 9.65. The predicted molar refractivity (Wildman–Crippen MR) is 102 cm³/mol. The second-order valence-electron chi connectivity index (χ2n) is 6.77. The van der Waals surface area contributed by atoms with Crippen LogP contribution in [0.4, 0.5) is 5.82 Å². The molecule has 1 saturated heterocycles. The normalized spacial score (nSPS) is 15.0. The summed E-state index contributed by atoms with van der Waals surface area (Å²) in [5.41, 5.74) is 7.32. The Morgan fingerprint density at radius 3 is 2.54 bits per heavy atom. The molecule has 2 aromatic rings. The van der Waals surface area contributed by atoms with Gasteiger partial charge in [0.05, 0.1) is 13.7 Å². The highest BCUT2D eigenvalue weighted by molar-refractivity contribution is 5.83. The number of methoxy groups -OCH3 is 1. The molecule has 0 aromatic carbocycles. The summed E-state index contributed by atoms with van der Waals surface area (Å²) < 4.78 is 13.0. The molecule has 0 atom stereocenters. The molecule has 2 N–H and O–H groups in total. The van der Waals surface area contributed by atoms with Crippen molar-refractivity contribution in [1.82, 2.24) is 24.4 Å². The number of rotatable bonds is 10. The molecule has 3 rings (SSSR count). The van der Waals surface area contributed by atoms with Gasteiger partial charge in [-0.2, -0.15) is 15.0 Å². The molecule has 0 spiro atoms. The number of nitrogens with two attached hydrogens (primary N) is 1. The van der Waals surface area contributed by atoms with E-state index in [1.165, 1.54) is 25.9 Å². The van der Waals surface area contributed by atoms with E-state index < -0.39 is 0 Å². The van der Waals surface area contributed by atoms with Gasteiger partial charge >= 0.3 is 6.01 Å². The Bertz CT molecular complexity index is 711. The summed E-state index contributed by atoms with van der Waals surface area (Å²) >= 11 is 0. The van der Waals surface area contributed by atoms with Crippen LogP contribution in [0.5, 0.6) is 12.0 Å². The van der Waals surface area contributed by atoms with Crippen LogP contribution in [0.3, 0.4) is 0 Å². The maximum atomic E-state index is 6.07.